The molecule has 0 aliphatic heterocycles. The number of nitrogens with zero attached hydrogens (tertiary/aromatic N) is 1. The number of hydrogen-bond acceptors (Lipinski definition) is 4. The van der Waals surface area contributed by atoms with Gasteiger partial charge in [0, 0.05) is 17.5 Å². The fourth-order valence-electron chi connectivity index (χ4n) is 3.45. The molecule has 5 nitrogen and oxygen atoms in total. The van der Waals surface area contributed by atoms with Crippen molar-refractivity contribution < 1.29 is 23.1 Å². The number of alkyl halides is 3. The number of hydrogen-bond donors (Lipinski definition) is 3. The molecule has 32 heavy (non-hydrogen) atoms. The Hall–Kier alpha value is -2.97. The highest BCUT2D eigenvalue weighted by Crippen LogP contribution is 2.33. The minimum absolute atomic E-state index is 0.129. The molecule has 1 unspecified atom stereocenters. The first-order valence-electron chi connectivity index (χ1n) is 10.5. The van der Waals surface area contributed by atoms with Crippen LogP contribution in [0.5, 0.6) is 0 Å². The highest BCUT2D eigenvalue weighted by Gasteiger charge is 2.30. The Morgan fingerprint density at radius 1 is 1.09 bits per heavy atom. The highest BCUT2D eigenvalue weighted by molar-refractivity contribution is 5.84. The summed E-state index contributed by atoms with van der Waals surface area (Å²) < 4.78 is 39.5. The summed E-state index contributed by atoms with van der Waals surface area (Å²) in [6.45, 7) is 1.20. The van der Waals surface area contributed by atoms with Gasteiger partial charge in [-0.1, -0.05) is 30.3 Å². The lowest BCUT2D eigenvalue weighted by Crippen LogP contribution is -2.36. The molecule has 0 saturated carbocycles. The van der Waals surface area contributed by atoms with Gasteiger partial charge in [-0.05, 0) is 62.7 Å². The Balaban J connectivity index is 1.86. The standard InChI is InChI=1S/C24H26F3N3O2/c1-28-12-5-13-29-23(32)21(31)11-8-17-14-18-15-19(24(25,26)27)9-10-20(18)30-22(17)16-6-3-2-4-7-16/h2-4,6-7,9-10,14-15,21,28,31H,5,8,11-13H2,1H3,(H,29,32). The number of nitrogens with one attached hydrogen (secondary N) is 2. The Morgan fingerprint density at radius 3 is 2.53 bits per heavy atom. The average Bonchev–Trinajstić information content (AvgIpc) is 2.79. The van der Waals surface area contributed by atoms with E-state index in [0.29, 0.717) is 28.7 Å². The number of fused-ring (bicyclic) bond motifs is 1. The summed E-state index contributed by atoms with van der Waals surface area (Å²) in [5.74, 6) is -0.463. The summed E-state index contributed by atoms with van der Waals surface area (Å²) in [5, 5.41) is 16.3. The van der Waals surface area contributed by atoms with E-state index in [1.807, 2.05) is 37.4 Å². The van der Waals surface area contributed by atoms with Crippen molar-refractivity contribution in [1.29, 1.82) is 0 Å². The number of benzene rings is 2. The smallest absolute Gasteiger partial charge is 0.383 e. The summed E-state index contributed by atoms with van der Waals surface area (Å²) in [4.78, 5) is 16.7. The number of halogens is 3. The quantitative estimate of drug-likeness (QED) is 0.436. The molecule has 2 aromatic carbocycles. The Kier molecular flexibility index (Phi) is 7.82. The monoisotopic (exact) mass is 445 g/mol. The van der Waals surface area contributed by atoms with E-state index in [-0.39, 0.29) is 12.8 Å². The molecule has 8 heteroatoms. The lowest BCUT2D eigenvalue weighted by atomic mass is 9.97. The molecule has 1 atom stereocenters. The number of amides is 1. The number of carbonyl (C=O) groups excluding carboxylic acids is 1. The molecule has 0 radical (unpaired) electrons. The maximum absolute atomic E-state index is 13.2. The zero-order valence-electron chi connectivity index (χ0n) is 17.7. The van der Waals surface area contributed by atoms with Gasteiger partial charge in [-0.25, -0.2) is 4.98 Å². The van der Waals surface area contributed by atoms with E-state index >= 15 is 0 Å². The molecule has 170 valence electrons. The number of aliphatic hydroxyl groups excluding tert-OH is 1. The predicted molar refractivity (Wildman–Crippen MR) is 118 cm³/mol. The Morgan fingerprint density at radius 2 is 1.84 bits per heavy atom. The summed E-state index contributed by atoms with van der Waals surface area (Å²) in [7, 11) is 1.82. The van der Waals surface area contributed by atoms with Crippen LogP contribution in [0.3, 0.4) is 0 Å². The van der Waals surface area contributed by atoms with Crippen LogP contribution in [0.2, 0.25) is 0 Å². The van der Waals surface area contributed by atoms with Gasteiger partial charge in [0.1, 0.15) is 6.10 Å². The first-order chi connectivity index (χ1) is 15.3. The van der Waals surface area contributed by atoms with Gasteiger partial charge >= 0.3 is 6.18 Å². The van der Waals surface area contributed by atoms with Gasteiger partial charge in [-0.2, -0.15) is 13.2 Å². The summed E-state index contributed by atoms with van der Waals surface area (Å²) in [5.41, 5.74) is 1.81. The number of aliphatic hydroxyl groups is 1. The molecule has 3 N–H and O–H groups in total. The third kappa shape index (κ3) is 6.05. The van der Waals surface area contributed by atoms with Crippen LogP contribution in [-0.4, -0.2) is 42.2 Å². The number of aromatic nitrogens is 1. The van der Waals surface area contributed by atoms with Crippen LogP contribution in [0.15, 0.2) is 54.6 Å². The molecule has 0 saturated heterocycles. The van der Waals surface area contributed by atoms with Crippen molar-refractivity contribution in [3.05, 3.63) is 65.7 Å². The number of pyridine rings is 1. The molecule has 0 fully saturated rings. The number of rotatable bonds is 9. The van der Waals surface area contributed by atoms with Crippen LogP contribution in [0.4, 0.5) is 13.2 Å². The molecule has 0 spiro atoms. The number of aryl methyl sites for hydroxylation is 1. The third-order valence-corrected chi connectivity index (χ3v) is 5.16. The fraction of sp³-hybridized carbons (Fsp3) is 0.333. The van der Waals surface area contributed by atoms with E-state index in [9.17, 15) is 23.1 Å². The van der Waals surface area contributed by atoms with Gasteiger partial charge in [0.05, 0.1) is 16.8 Å². The maximum Gasteiger partial charge on any atom is 0.416 e. The molecule has 0 aliphatic carbocycles. The van der Waals surface area contributed by atoms with Crippen LogP contribution >= 0.6 is 0 Å². The Bertz CT molecular complexity index is 1060. The first-order valence-corrected chi connectivity index (χ1v) is 10.5. The van der Waals surface area contributed by atoms with Crippen molar-refractivity contribution in [2.45, 2.75) is 31.5 Å². The molecule has 1 amide bonds. The van der Waals surface area contributed by atoms with Crippen molar-refractivity contribution in [1.82, 2.24) is 15.6 Å². The Labute approximate surface area is 184 Å². The number of carbonyl (C=O) groups is 1. The maximum atomic E-state index is 13.2. The van der Waals surface area contributed by atoms with Gasteiger partial charge in [0.25, 0.3) is 0 Å². The lowest BCUT2D eigenvalue weighted by molar-refractivity contribution is -0.137. The highest BCUT2D eigenvalue weighted by atomic mass is 19.4. The molecule has 0 aliphatic rings. The lowest BCUT2D eigenvalue weighted by Gasteiger charge is -2.15. The molecule has 1 heterocycles. The molecule has 3 rings (SSSR count). The van der Waals surface area contributed by atoms with E-state index in [4.69, 9.17) is 0 Å². The van der Waals surface area contributed by atoms with Crippen molar-refractivity contribution >= 4 is 16.8 Å². The summed E-state index contributed by atoms with van der Waals surface area (Å²) >= 11 is 0. The van der Waals surface area contributed by atoms with Gasteiger partial charge < -0.3 is 15.7 Å². The second kappa shape index (κ2) is 10.6. The second-order valence-corrected chi connectivity index (χ2v) is 7.57. The largest absolute Gasteiger partial charge is 0.416 e. The van der Waals surface area contributed by atoms with Gasteiger partial charge in [0.15, 0.2) is 0 Å². The average molecular weight is 445 g/mol. The topological polar surface area (TPSA) is 74.2 Å². The van der Waals surface area contributed by atoms with Gasteiger partial charge in [-0.15, -0.1) is 0 Å². The SMILES string of the molecule is CNCCCNC(=O)C(O)CCc1cc2cc(C(F)(F)F)ccc2nc1-c1ccccc1. The zero-order valence-corrected chi connectivity index (χ0v) is 17.7. The van der Waals surface area contributed by atoms with E-state index in [1.165, 1.54) is 6.07 Å². The van der Waals surface area contributed by atoms with Gasteiger partial charge in [0.2, 0.25) is 5.91 Å². The van der Waals surface area contributed by atoms with Crippen molar-refractivity contribution in [2.24, 2.45) is 0 Å². The van der Waals surface area contributed by atoms with Crippen molar-refractivity contribution in [3.8, 4) is 11.3 Å². The van der Waals surface area contributed by atoms with Crippen LogP contribution in [-0.2, 0) is 17.4 Å². The molecular formula is C24H26F3N3O2. The van der Waals surface area contributed by atoms with Crippen molar-refractivity contribution in [3.63, 3.8) is 0 Å². The molecule has 0 bridgehead atoms. The molecule has 1 aromatic heterocycles. The van der Waals surface area contributed by atoms with Crippen LogP contribution in [0, 0.1) is 0 Å². The van der Waals surface area contributed by atoms with Crippen LogP contribution in [0.1, 0.15) is 24.0 Å². The van der Waals surface area contributed by atoms with Crippen LogP contribution < -0.4 is 10.6 Å². The van der Waals surface area contributed by atoms with Crippen molar-refractivity contribution in [2.75, 3.05) is 20.1 Å². The third-order valence-electron chi connectivity index (χ3n) is 5.16. The summed E-state index contributed by atoms with van der Waals surface area (Å²) in [6, 6.07) is 14.4. The molecule has 3 aromatic rings. The van der Waals surface area contributed by atoms with Gasteiger partial charge in [-0.3, -0.25) is 4.79 Å². The zero-order chi connectivity index (χ0) is 23.1. The van der Waals surface area contributed by atoms with E-state index in [1.54, 1.807) is 6.07 Å². The minimum Gasteiger partial charge on any atom is -0.383 e. The normalized spacial score (nSPS) is 12.7. The van der Waals surface area contributed by atoms with E-state index in [0.717, 1.165) is 30.7 Å². The second-order valence-electron chi connectivity index (χ2n) is 7.57. The molecular weight excluding hydrogens is 419 g/mol. The fourth-order valence-corrected chi connectivity index (χ4v) is 3.45. The minimum atomic E-state index is -4.45. The van der Waals surface area contributed by atoms with E-state index < -0.39 is 23.8 Å². The predicted octanol–water partition coefficient (Wildman–Crippen LogP) is 3.94. The summed E-state index contributed by atoms with van der Waals surface area (Å²) in [6.07, 6.45) is -4.51. The first kappa shape index (κ1) is 23.7. The van der Waals surface area contributed by atoms with E-state index in [2.05, 4.69) is 15.6 Å². The van der Waals surface area contributed by atoms with Crippen LogP contribution in [0.25, 0.3) is 22.2 Å².